The van der Waals surface area contributed by atoms with Crippen LogP contribution in [0.25, 0.3) is 0 Å². The van der Waals surface area contributed by atoms with Crippen molar-refractivity contribution in [3.63, 3.8) is 0 Å². The Balaban J connectivity index is 1.58. The summed E-state index contributed by atoms with van der Waals surface area (Å²) in [7, 11) is -3.51. The molecule has 0 spiro atoms. The minimum atomic E-state index is -3.51. The number of sulfonamides is 1. The smallest absolute Gasteiger partial charge is 0.317 e. The molecule has 27 heavy (non-hydrogen) atoms. The minimum absolute atomic E-state index is 0.138. The first kappa shape index (κ1) is 19.9. The zero-order valence-corrected chi connectivity index (χ0v) is 17.4. The van der Waals surface area contributed by atoms with Gasteiger partial charge in [-0.25, -0.2) is 13.2 Å². The lowest BCUT2D eigenvalue weighted by Gasteiger charge is -2.34. The van der Waals surface area contributed by atoms with E-state index in [2.05, 4.69) is 21.2 Å². The van der Waals surface area contributed by atoms with E-state index in [1.54, 1.807) is 35.2 Å². The molecule has 1 unspecified atom stereocenters. The van der Waals surface area contributed by atoms with Crippen molar-refractivity contribution in [2.45, 2.75) is 17.9 Å². The first-order valence-electron chi connectivity index (χ1n) is 8.74. The van der Waals surface area contributed by atoms with E-state index in [0.29, 0.717) is 13.1 Å². The van der Waals surface area contributed by atoms with Crippen LogP contribution in [0.1, 0.15) is 18.5 Å². The summed E-state index contributed by atoms with van der Waals surface area (Å²) in [6.45, 7) is 3.23. The lowest BCUT2D eigenvalue weighted by Crippen LogP contribution is -2.53. The average molecular weight is 452 g/mol. The van der Waals surface area contributed by atoms with Crippen LogP contribution in [0.5, 0.6) is 0 Å². The third-order valence-electron chi connectivity index (χ3n) is 4.60. The highest BCUT2D eigenvalue weighted by molar-refractivity contribution is 9.10. The molecule has 8 heteroatoms. The highest BCUT2D eigenvalue weighted by Gasteiger charge is 2.30. The van der Waals surface area contributed by atoms with Crippen molar-refractivity contribution in [1.82, 2.24) is 14.5 Å². The van der Waals surface area contributed by atoms with E-state index >= 15 is 0 Å². The summed E-state index contributed by atoms with van der Waals surface area (Å²) in [5, 5.41) is 2.98. The molecule has 0 radical (unpaired) electrons. The van der Waals surface area contributed by atoms with Crippen LogP contribution in [-0.4, -0.2) is 49.8 Å². The summed E-state index contributed by atoms with van der Waals surface area (Å²) < 4.78 is 27.7. The summed E-state index contributed by atoms with van der Waals surface area (Å²) in [4.78, 5) is 14.5. The number of hydrogen-bond donors (Lipinski definition) is 1. The molecule has 0 aliphatic carbocycles. The molecule has 1 fully saturated rings. The zero-order valence-electron chi connectivity index (χ0n) is 15.0. The maximum Gasteiger partial charge on any atom is 0.317 e. The van der Waals surface area contributed by atoms with Crippen molar-refractivity contribution in [3.05, 3.63) is 64.6 Å². The first-order chi connectivity index (χ1) is 12.9. The highest BCUT2D eigenvalue weighted by Crippen LogP contribution is 2.19. The second-order valence-electron chi connectivity index (χ2n) is 6.43. The van der Waals surface area contributed by atoms with Gasteiger partial charge in [-0.3, -0.25) is 0 Å². The van der Waals surface area contributed by atoms with Crippen LogP contribution in [0.15, 0.2) is 64.0 Å². The topological polar surface area (TPSA) is 69.7 Å². The number of amides is 2. The van der Waals surface area contributed by atoms with Crippen molar-refractivity contribution < 1.29 is 13.2 Å². The maximum absolute atomic E-state index is 12.7. The Bertz CT molecular complexity index is 897. The third-order valence-corrected chi connectivity index (χ3v) is 7.00. The second-order valence-corrected chi connectivity index (χ2v) is 9.28. The molecule has 1 N–H and O–H groups in total. The second kappa shape index (κ2) is 8.41. The van der Waals surface area contributed by atoms with Crippen LogP contribution >= 0.6 is 15.9 Å². The van der Waals surface area contributed by atoms with Crippen molar-refractivity contribution in [2.24, 2.45) is 0 Å². The normalized spacial score (nSPS) is 16.7. The molecule has 1 aliphatic rings. The van der Waals surface area contributed by atoms with Gasteiger partial charge in [0.05, 0.1) is 10.9 Å². The average Bonchev–Trinajstić information content (AvgIpc) is 2.68. The Kier molecular flexibility index (Phi) is 6.18. The highest BCUT2D eigenvalue weighted by atomic mass is 79.9. The predicted molar refractivity (Wildman–Crippen MR) is 108 cm³/mol. The Morgan fingerprint density at radius 1 is 1.04 bits per heavy atom. The molecule has 0 aromatic heterocycles. The van der Waals surface area contributed by atoms with Crippen LogP contribution < -0.4 is 5.32 Å². The summed E-state index contributed by atoms with van der Waals surface area (Å²) in [6.07, 6.45) is 0. The lowest BCUT2D eigenvalue weighted by atomic mass is 10.1. The molecule has 1 heterocycles. The number of carbonyl (C=O) groups is 1. The number of carbonyl (C=O) groups excluding carboxylic acids is 1. The van der Waals surface area contributed by atoms with Crippen LogP contribution in [-0.2, 0) is 10.0 Å². The largest absolute Gasteiger partial charge is 0.331 e. The molecule has 1 atom stereocenters. The number of piperazine rings is 1. The van der Waals surface area contributed by atoms with Gasteiger partial charge in [-0.15, -0.1) is 0 Å². The van der Waals surface area contributed by atoms with Gasteiger partial charge in [-0.1, -0.05) is 46.3 Å². The molecular weight excluding hydrogens is 430 g/mol. The van der Waals surface area contributed by atoms with Crippen molar-refractivity contribution >= 4 is 32.0 Å². The van der Waals surface area contributed by atoms with Gasteiger partial charge < -0.3 is 10.2 Å². The molecular formula is C19H22BrN3O3S. The van der Waals surface area contributed by atoms with E-state index in [4.69, 9.17) is 0 Å². The van der Waals surface area contributed by atoms with E-state index in [1.165, 1.54) is 4.31 Å². The van der Waals surface area contributed by atoms with Crippen LogP contribution in [0.3, 0.4) is 0 Å². The van der Waals surface area contributed by atoms with Gasteiger partial charge >= 0.3 is 6.03 Å². The van der Waals surface area contributed by atoms with E-state index in [0.717, 1.165) is 10.0 Å². The summed E-state index contributed by atoms with van der Waals surface area (Å²) in [5.74, 6) is 0. The first-order valence-corrected chi connectivity index (χ1v) is 11.0. The van der Waals surface area contributed by atoms with Gasteiger partial charge in [-0.2, -0.15) is 4.31 Å². The monoisotopic (exact) mass is 451 g/mol. The van der Waals surface area contributed by atoms with Crippen LogP contribution in [0, 0.1) is 0 Å². The predicted octanol–water partition coefficient (Wildman–Crippen LogP) is 3.23. The Labute approximate surface area is 168 Å². The molecule has 3 rings (SSSR count). The van der Waals surface area contributed by atoms with Crippen molar-refractivity contribution in [2.75, 3.05) is 26.2 Å². The molecule has 2 amide bonds. The Morgan fingerprint density at radius 2 is 1.70 bits per heavy atom. The Morgan fingerprint density at radius 3 is 2.33 bits per heavy atom. The molecule has 2 aromatic rings. The van der Waals surface area contributed by atoms with Crippen LogP contribution in [0.2, 0.25) is 0 Å². The number of benzene rings is 2. The van der Waals surface area contributed by atoms with Gasteiger partial charge in [0, 0.05) is 30.7 Å². The van der Waals surface area contributed by atoms with E-state index in [-0.39, 0.29) is 30.1 Å². The maximum atomic E-state index is 12.7. The van der Waals surface area contributed by atoms with Crippen molar-refractivity contribution in [3.8, 4) is 0 Å². The molecule has 2 aromatic carbocycles. The SMILES string of the molecule is CC(NC(=O)N1CCN(S(=O)(=O)c2ccccc2)CC1)c1cccc(Br)c1. The van der Waals surface area contributed by atoms with E-state index in [9.17, 15) is 13.2 Å². The molecule has 1 aliphatic heterocycles. The third kappa shape index (κ3) is 4.69. The number of urea groups is 1. The van der Waals surface area contributed by atoms with E-state index < -0.39 is 10.0 Å². The fourth-order valence-corrected chi connectivity index (χ4v) is 4.87. The molecule has 1 saturated heterocycles. The Hall–Kier alpha value is -1.90. The zero-order chi connectivity index (χ0) is 19.4. The fraction of sp³-hybridized carbons (Fsp3) is 0.316. The number of nitrogens with one attached hydrogen (secondary N) is 1. The summed E-state index contributed by atoms with van der Waals surface area (Å²) >= 11 is 3.43. The molecule has 144 valence electrons. The van der Waals surface area contributed by atoms with Gasteiger partial charge in [0.15, 0.2) is 0 Å². The summed E-state index contributed by atoms with van der Waals surface area (Å²) in [5.41, 5.74) is 1.00. The van der Waals surface area contributed by atoms with Crippen LogP contribution in [0.4, 0.5) is 4.79 Å². The number of nitrogens with zero attached hydrogens (tertiary/aromatic N) is 2. The number of hydrogen-bond acceptors (Lipinski definition) is 3. The molecule has 0 saturated carbocycles. The fourth-order valence-electron chi connectivity index (χ4n) is 3.01. The molecule has 6 nitrogen and oxygen atoms in total. The van der Waals surface area contributed by atoms with Gasteiger partial charge in [-0.05, 0) is 36.8 Å². The number of halogens is 1. The van der Waals surface area contributed by atoms with Gasteiger partial charge in [0.2, 0.25) is 10.0 Å². The lowest BCUT2D eigenvalue weighted by molar-refractivity contribution is 0.169. The van der Waals surface area contributed by atoms with Crippen molar-refractivity contribution in [1.29, 1.82) is 0 Å². The minimum Gasteiger partial charge on any atom is -0.331 e. The van der Waals surface area contributed by atoms with Gasteiger partial charge in [0.25, 0.3) is 0 Å². The van der Waals surface area contributed by atoms with E-state index in [1.807, 2.05) is 31.2 Å². The standard InChI is InChI=1S/C19H22BrN3O3S/c1-15(16-6-5-7-17(20)14-16)21-19(24)22-10-12-23(13-11-22)27(25,26)18-8-3-2-4-9-18/h2-9,14-15H,10-13H2,1H3,(H,21,24). The quantitative estimate of drug-likeness (QED) is 0.775. The summed E-state index contributed by atoms with van der Waals surface area (Å²) in [6, 6.07) is 15.9. The number of rotatable bonds is 4. The van der Waals surface area contributed by atoms with Gasteiger partial charge in [0.1, 0.15) is 0 Å². The molecule has 0 bridgehead atoms.